The largest absolute Gasteiger partial charge is 0.497 e. The summed E-state index contributed by atoms with van der Waals surface area (Å²) in [5, 5.41) is 3.96. The Morgan fingerprint density at radius 2 is 2.16 bits per heavy atom. The summed E-state index contributed by atoms with van der Waals surface area (Å²) in [4.78, 5) is 2.01. The minimum Gasteiger partial charge on any atom is -0.497 e. The van der Waals surface area contributed by atoms with Crippen LogP contribution < -0.4 is 10.1 Å². The van der Waals surface area contributed by atoms with E-state index in [4.69, 9.17) is 21.7 Å². The molecule has 106 valence electrons. The van der Waals surface area contributed by atoms with Crippen molar-refractivity contribution in [3.8, 4) is 5.75 Å². The van der Waals surface area contributed by atoms with Crippen molar-refractivity contribution < 1.29 is 9.47 Å². The zero-order valence-electron chi connectivity index (χ0n) is 11.8. The minimum atomic E-state index is 0.745. The maximum Gasteiger partial charge on any atom is 0.168 e. The predicted molar refractivity (Wildman–Crippen MR) is 81.6 cm³/mol. The molecule has 0 spiro atoms. The molecule has 5 heteroatoms. The normalized spacial score (nSPS) is 10.1. The molecule has 0 saturated carbocycles. The first-order chi connectivity index (χ1) is 9.17. The molecule has 19 heavy (non-hydrogen) atoms. The average molecular weight is 282 g/mol. The van der Waals surface area contributed by atoms with Gasteiger partial charge in [0.05, 0.1) is 7.11 Å². The lowest BCUT2D eigenvalue weighted by Crippen LogP contribution is -2.37. The zero-order valence-corrected chi connectivity index (χ0v) is 12.6. The molecule has 0 aliphatic rings. The SMILES string of the molecule is COCCCNC(=S)N(C)Cc1cccc(OC)c1. The van der Waals surface area contributed by atoms with Crippen LogP contribution in [-0.2, 0) is 11.3 Å². The molecule has 0 aliphatic heterocycles. The van der Waals surface area contributed by atoms with Crippen LogP contribution in [0.1, 0.15) is 12.0 Å². The monoisotopic (exact) mass is 282 g/mol. The van der Waals surface area contributed by atoms with Gasteiger partial charge in [0.15, 0.2) is 5.11 Å². The standard InChI is InChI=1S/C14H22N2O2S/c1-16(14(19)15-8-5-9-17-2)11-12-6-4-7-13(10-12)18-3/h4,6-7,10H,5,8-9,11H2,1-3H3,(H,15,19). The van der Waals surface area contributed by atoms with Crippen molar-refractivity contribution in [1.82, 2.24) is 10.2 Å². The highest BCUT2D eigenvalue weighted by molar-refractivity contribution is 7.80. The Bertz CT molecular complexity index is 399. The van der Waals surface area contributed by atoms with Crippen LogP contribution in [0.15, 0.2) is 24.3 Å². The summed E-state index contributed by atoms with van der Waals surface area (Å²) in [5.41, 5.74) is 1.17. The fraction of sp³-hybridized carbons (Fsp3) is 0.500. The molecular formula is C14H22N2O2S. The van der Waals surface area contributed by atoms with Gasteiger partial charge in [0.25, 0.3) is 0 Å². The van der Waals surface area contributed by atoms with Crippen LogP contribution in [0.2, 0.25) is 0 Å². The third-order valence-corrected chi connectivity index (χ3v) is 3.16. The van der Waals surface area contributed by atoms with Gasteiger partial charge in [-0.25, -0.2) is 0 Å². The van der Waals surface area contributed by atoms with E-state index in [-0.39, 0.29) is 0 Å². The lowest BCUT2D eigenvalue weighted by molar-refractivity contribution is 0.195. The zero-order chi connectivity index (χ0) is 14.1. The van der Waals surface area contributed by atoms with Crippen LogP contribution in [0, 0.1) is 0 Å². The summed E-state index contributed by atoms with van der Waals surface area (Å²) in [6.07, 6.45) is 0.948. The summed E-state index contributed by atoms with van der Waals surface area (Å²) in [6, 6.07) is 8.00. The number of benzene rings is 1. The highest BCUT2D eigenvalue weighted by atomic mass is 32.1. The fourth-order valence-electron chi connectivity index (χ4n) is 1.66. The molecule has 0 aromatic heterocycles. The number of hydrogen-bond donors (Lipinski definition) is 1. The third-order valence-electron chi connectivity index (χ3n) is 2.70. The maximum absolute atomic E-state index is 5.33. The molecule has 0 heterocycles. The lowest BCUT2D eigenvalue weighted by atomic mass is 10.2. The number of ether oxygens (including phenoxy) is 2. The summed E-state index contributed by atoms with van der Waals surface area (Å²) >= 11 is 5.33. The summed E-state index contributed by atoms with van der Waals surface area (Å²) in [6.45, 7) is 2.33. The first-order valence-corrected chi connectivity index (χ1v) is 6.69. The van der Waals surface area contributed by atoms with Gasteiger partial charge in [-0.1, -0.05) is 12.1 Å². The molecule has 0 radical (unpaired) electrons. The van der Waals surface area contributed by atoms with Gasteiger partial charge in [0.2, 0.25) is 0 Å². The topological polar surface area (TPSA) is 33.7 Å². The number of thiocarbonyl (C=S) groups is 1. The van der Waals surface area contributed by atoms with Gasteiger partial charge in [-0.15, -0.1) is 0 Å². The third kappa shape index (κ3) is 5.89. The Morgan fingerprint density at radius 3 is 2.84 bits per heavy atom. The van der Waals surface area contributed by atoms with Crippen molar-refractivity contribution >= 4 is 17.3 Å². The van der Waals surface area contributed by atoms with Crippen LogP contribution in [0.3, 0.4) is 0 Å². The summed E-state index contributed by atoms with van der Waals surface area (Å²) in [5.74, 6) is 0.866. The van der Waals surface area contributed by atoms with Crippen LogP contribution >= 0.6 is 12.2 Å². The fourth-order valence-corrected chi connectivity index (χ4v) is 1.83. The van der Waals surface area contributed by atoms with E-state index in [0.29, 0.717) is 0 Å². The second-order valence-corrected chi connectivity index (χ2v) is 4.67. The highest BCUT2D eigenvalue weighted by Crippen LogP contribution is 2.13. The van der Waals surface area contributed by atoms with Crippen LogP contribution in [-0.4, -0.2) is 44.4 Å². The Morgan fingerprint density at radius 1 is 1.37 bits per heavy atom. The van der Waals surface area contributed by atoms with Crippen LogP contribution in [0.25, 0.3) is 0 Å². The summed E-state index contributed by atoms with van der Waals surface area (Å²) < 4.78 is 10.2. The van der Waals surface area contributed by atoms with E-state index in [1.165, 1.54) is 5.56 Å². The first kappa shape index (κ1) is 15.7. The van der Waals surface area contributed by atoms with Gasteiger partial charge in [0, 0.05) is 33.9 Å². The van der Waals surface area contributed by atoms with E-state index in [9.17, 15) is 0 Å². The second-order valence-electron chi connectivity index (χ2n) is 4.29. The van der Waals surface area contributed by atoms with E-state index in [0.717, 1.165) is 37.0 Å². The van der Waals surface area contributed by atoms with Gasteiger partial charge in [-0.2, -0.15) is 0 Å². The van der Waals surface area contributed by atoms with E-state index in [1.807, 2.05) is 30.1 Å². The lowest BCUT2D eigenvalue weighted by Gasteiger charge is -2.21. The second kappa shape index (κ2) is 8.72. The number of methoxy groups -OCH3 is 2. The number of nitrogens with one attached hydrogen (secondary N) is 1. The molecule has 4 nitrogen and oxygen atoms in total. The van der Waals surface area contributed by atoms with Crippen molar-refractivity contribution in [2.75, 3.05) is 34.4 Å². The quantitative estimate of drug-likeness (QED) is 0.611. The minimum absolute atomic E-state index is 0.745. The van der Waals surface area contributed by atoms with E-state index >= 15 is 0 Å². The highest BCUT2D eigenvalue weighted by Gasteiger charge is 2.05. The Kier molecular flexibility index (Phi) is 7.22. The van der Waals surface area contributed by atoms with Gasteiger partial charge in [-0.3, -0.25) is 0 Å². The molecule has 0 unspecified atom stereocenters. The molecule has 1 N–H and O–H groups in total. The molecule has 1 aromatic rings. The van der Waals surface area contributed by atoms with Gasteiger partial charge in [-0.05, 0) is 36.3 Å². The van der Waals surface area contributed by atoms with Crippen molar-refractivity contribution in [2.24, 2.45) is 0 Å². The predicted octanol–water partition coefficient (Wildman–Crippen LogP) is 2.04. The molecule has 0 atom stereocenters. The molecule has 0 saturated heterocycles. The molecule has 0 amide bonds. The van der Waals surface area contributed by atoms with Gasteiger partial charge >= 0.3 is 0 Å². The van der Waals surface area contributed by atoms with E-state index < -0.39 is 0 Å². The number of hydrogen-bond acceptors (Lipinski definition) is 3. The van der Waals surface area contributed by atoms with Gasteiger partial charge in [0.1, 0.15) is 5.75 Å². The van der Waals surface area contributed by atoms with E-state index in [1.54, 1.807) is 14.2 Å². The molecule has 0 fully saturated rings. The van der Waals surface area contributed by atoms with Crippen LogP contribution in [0.5, 0.6) is 5.75 Å². The summed E-state index contributed by atoms with van der Waals surface area (Å²) in [7, 11) is 5.35. The first-order valence-electron chi connectivity index (χ1n) is 6.28. The number of rotatable bonds is 7. The van der Waals surface area contributed by atoms with Crippen molar-refractivity contribution in [3.63, 3.8) is 0 Å². The molecule has 0 bridgehead atoms. The number of nitrogens with zero attached hydrogens (tertiary/aromatic N) is 1. The molecular weight excluding hydrogens is 260 g/mol. The molecule has 1 aromatic carbocycles. The Hall–Kier alpha value is -1.33. The van der Waals surface area contributed by atoms with Crippen LogP contribution in [0.4, 0.5) is 0 Å². The van der Waals surface area contributed by atoms with Crippen molar-refractivity contribution in [3.05, 3.63) is 29.8 Å². The van der Waals surface area contributed by atoms with E-state index in [2.05, 4.69) is 11.4 Å². The Labute approximate surface area is 120 Å². The Balaban J connectivity index is 2.40. The molecule has 1 rings (SSSR count). The maximum atomic E-state index is 5.33. The van der Waals surface area contributed by atoms with Crippen molar-refractivity contribution in [2.45, 2.75) is 13.0 Å². The van der Waals surface area contributed by atoms with Gasteiger partial charge < -0.3 is 19.7 Å². The van der Waals surface area contributed by atoms with Crippen molar-refractivity contribution in [1.29, 1.82) is 0 Å². The smallest absolute Gasteiger partial charge is 0.168 e. The average Bonchev–Trinajstić information content (AvgIpc) is 2.43. The molecule has 0 aliphatic carbocycles.